The van der Waals surface area contributed by atoms with Gasteiger partial charge in [0.05, 0.1) is 13.7 Å². The van der Waals surface area contributed by atoms with Crippen molar-refractivity contribution in [1.82, 2.24) is 4.90 Å². The van der Waals surface area contributed by atoms with Crippen LogP contribution in [0.5, 0.6) is 0 Å². The van der Waals surface area contributed by atoms with E-state index in [0.717, 1.165) is 4.90 Å². The predicted molar refractivity (Wildman–Crippen MR) is 66.1 cm³/mol. The van der Waals surface area contributed by atoms with Crippen LogP contribution in [-0.2, 0) is 16.1 Å². The van der Waals surface area contributed by atoms with E-state index in [2.05, 4.69) is 4.74 Å². The highest BCUT2D eigenvalue weighted by atomic mass is 19.1. The van der Waals surface area contributed by atoms with Gasteiger partial charge in [-0.05, 0) is 31.5 Å². The van der Waals surface area contributed by atoms with Gasteiger partial charge in [0.25, 0.3) is 0 Å². The molecular weight excluding hydrogens is 253 g/mol. The molecule has 19 heavy (non-hydrogen) atoms. The molecule has 0 bridgehead atoms. The molecule has 0 radical (unpaired) electrons. The van der Waals surface area contributed by atoms with E-state index in [1.807, 2.05) is 0 Å². The van der Waals surface area contributed by atoms with Crippen LogP contribution in [0.4, 0.5) is 9.18 Å². The zero-order chi connectivity index (χ0) is 14.6. The van der Waals surface area contributed by atoms with E-state index < -0.39 is 23.4 Å². The SMILES string of the molecule is COC(=O)N(Cc1ccc(F)cc1)C(C)(C)C(=O)O. The Bertz CT molecular complexity index is 470. The first-order valence-corrected chi connectivity index (χ1v) is 5.62. The Morgan fingerprint density at radius 2 is 1.84 bits per heavy atom. The maximum atomic E-state index is 12.8. The number of hydrogen-bond acceptors (Lipinski definition) is 3. The third-order valence-electron chi connectivity index (χ3n) is 2.85. The minimum absolute atomic E-state index is 0.0201. The van der Waals surface area contributed by atoms with Gasteiger partial charge >= 0.3 is 12.1 Å². The van der Waals surface area contributed by atoms with Crippen LogP contribution in [0.25, 0.3) is 0 Å². The van der Waals surface area contributed by atoms with Crippen molar-refractivity contribution in [3.8, 4) is 0 Å². The minimum Gasteiger partial charge on any atom is -0.480 e. The zero-order valence-electron chi connectivity index (χ0n) is 11.0. The van der Waals surface area contributed by atoms with Crippen LogP contribution >= 0.6 is 0 Å². The molecule has 1 aromatic carbocycles. The molecule has 0 aliphatic heterocycles. The lowest BCUT2D eigenvalue weighted by Gasteiger charge is -2.33. The Kier molecular flexibility index (Phi) is 4.47. The van der Waals surface area contributed by atoms with E-state index in [1.165, 1.54) is 45.2 Å². The highest BCUT2D eigenvalue weighted by Gasteiger charge is 2.38. The molecule has 5 nitrogen and oxygen atoms in total. The Morgan fingerprint density at radius 3 is 2.26 bits per heavy atom. The molecule has 0 fully saturated rings. The van der Waals surface area contributed by atoms with Gasteiger partial charge in [-0.15, -0.1) is 0 Å². The minimum atomic E-state index is -1.43. The summed E-state index contributed by atoms with van der Waals surface area (Å²) in [5.41, 5.74) is -0.817. The zero-order valence-corrected chi connectivity index (χ0v) is 11.0. The van der Waals surface area contributed by atoms with Crippen LogP contribution < -0.4 is 0 Å². The first-order chi connectivity index (χ1) is 8.78. The van der Waals surface area contributed by atoms with Crippen LogP contribution in [-0.4, -0.2) is 34.7 Å². The molecule has 0 aliphatic rings. The van der Waals surface area contributed by atoms with E-state index in [0.29, 0.717) is 5.56 Å². The molecule has 0 saturated carbocycles. The number of rotatable bonds is 4. The van der Waals surface area contributed by atoms with Gasteiger partial charge in [0, 0.05) is 0 Å². The fraction of sp³-hybridized carbons (Fsp3) is 0.385. The third kappa shape index (κ3) is 3.43. The second-order valence-electron chi connectivity index (χ2n) is 4.55. The number of carbonyl (C=O) groups is 2. The number of carboxylic acid groups (broad SMARTS) is 1. The first kappa shape index (κ1) is 14.9. The maximum Gasteiger partial charge on any atom is 0.410 e. The van der Waals surface area contributed by atoms with Gasteiger partial charge in [-0.3, -0.25) is 4.90 Å². The summed E-state index contributed by atoms with van der Waals surface area (Å²) in [5.74, 6) is -1.55. The number of carboxylic acids is 1. The van der Waals surface area contributed by atoms with Crippen molar-refractivity contribution in [2.24, 2.45) is 0 Å². The molecule has 1 rings (SSSR count). The van der Waals surface area contributed by atoms with Crippen molar-refractivity contribution in [1.29, 1.82) is 0 Å². The molecule has 0 saturated heterocycles. The van der Waals surface area contributed by atoms with Crippen molar-refractivity contribution < 1.29 is 23.8 Å². The van der Waals surface area contributed by atoms with E-state index in [1.54, 1.807) is 0 Å². The fourth-order valence-corrected chi connectivity index (χ4v) is 1.49. The molecule has 0 unspecified atom stereocenters. The van der Waals surface area contributed by atoms with Gasteiger partial charge in [0.1, 0.15) is 11.4 Å². The molecule has 0 spiro atoms. The highest BCUT2D eigenvalue weighted by Crippen LogP contribution is 2.20. The summed E-state index contributed by atoms with van der Waals surface area (Å²) >= 11 is 0. The van der Waals surface area contributed by atoms with E-state index in [-0.39, 0.29) is 6.54 Å². The largest absolute Gasteiger partial charge is 0.480 e. The number of amides is 1. The van der Waals surface area contributed by atoms with Crippen LogP contribution in [0.3, 0.4) is 0 Å². The molecule has 0 heterocycles. The summed E-state index contributed by atoms with van der Waals surface area (Å²) in [6.07, 6.45) is -0.753. The summed E-state index contributed by atoms with van der Waals surface area (Å²) in [4.78, 5) is 24.0. The number of methoxy groups -OCH3 is 1. The Morgan fingerprint density at radius 1 is 1.32 bits per heavy atom. The lowest BCUT2D eigenvalue weighted by atomic mass is 10.0. The van der Waals surface area contributed by atoms with Crippen molar-refractivity contribution in [3.63, 3.8) is 0 Å². The van der Waals surface area contributed by atoms with Crippen LogP contribution in [0.1, 0.15) is 19.4 Å². The second kappa shape index (κ2) is 5.69. The summed E-state index contributed by atoms with van der Waals surface area (Å²) in [6.45, 7) is 2.82. The average Bonchev–Trinajstić information content (AvgIpc) is 2.36. The van der Waals surface area contributed by atoms with E-state index in [4.69, 9.17) is 5.11 Å². The molecule has 1 aromatic rings. The van der Waals surface area contributed by atoms with Crippen LogP contribution in [0.15, 0.2) is 24.3 Å². The molecule has 0 atom stereocenters. The van der Waals surface area contributed by atoms with Crippen molar-refractivity contribution >= 4 is 12.1 Å². The van der Waals surface area contributed by atoms with Crippen LogP contribution in [0, 0.1) is 5.82 Å². The monoisotopic (exact) mass is 269 g/mol. The quantitative estimate of drug-likeness (QED) is 0.910. The van der Waals surface area contributed by atoms with Gasteiger partial charge in [-0.1, -0.05) is 12.1 Å². The first-order valence-electron chi connectivity index (χ1n) is 5.62. The number of halogens is 1. The maximum absolute atomic E-state index is 12.8. The molecular formula is C13H16FNO4. The number of aliphatic carboxylic acids is 1. The number of benzene rings is 1. The normalized spacial score (nSPS) is 10.9. The Hall–Kier alpha value is -2.11. The van der Waals surface area contributed by atoms with Crippen molar-refractivity contribution in [2.75, 3.05) is 7.11 Å². The Labute approximate surface area is 110 Å². The van der Waals surface area contributed by atoms with Crippen molar-refractivity contribution in [3.05, 3.63) is 35.6 Å². The topological polar surface area (TPSA) is 66.8 Å². The molecule has 6 heteroatoms. The number of ether oxygens (including phenoxy) is 1. The van der Waals surface area contributed by atoms with Crippen molar-refractivity contribution in [2.45, 2.75) is 25.9 Å². The van der Waals surface area contributed by atoms with Gasteiger partial charge in [0.15, 0.2) is 0 Å². The fourth-order valence-electron chi connectivity index (χ4n) is 1.49. The molecule has 0 aromatic heterocycles. The molecule has 1 amide bonds. The molecule has 104 valence electrons. The summed E-state index contributed by atoms with van der Waals surface area (Å²) in [7, 11) is 1.18. The van der Waals surface area contributed by atoms with E-state index in [9.17, 15) is 14.0 Å². The van der Waals surface area contributed by atoms with E-state index >= 15 is 0 Å². The van der Waals surface area contributed by atoms with Crippen LogP contribution in [0.2, 0.25) is 0 Å². The lowest BCUT2D eigenvalue weighted by Crippen LogP contribution is -2.52. The number of hydrogen-bond donors (Lipinski definition) is 1. The average molecular weight is 269 g/mol. The Balaban J connectivity index is 3.02. The van der Waals surface area contributed by atoms with Gasteiger partial charge in [-0.25, -0.2) is 14.0 Å². The van der Waals surface area contributed by atoms with Gasteiger partial charge in [-0.2, -0.15) is 0 Å². The number of carbonyl (C=O) groups excluding carboxylic acids is 1. The van der Waals surface area contributed by atoms with Gasteiger partial charge < -0.3 is 9.84 Å². The second-order valence-corrected chi connectivity index (χ2v) is 4.55. The summed E-state index contributed by atoms with van der Waals surface area (Å²) in [6, 6.07) is 5.48. The molecule has 0 aliphatic carbocycles. The third-order valence-corrected chi connectivity index (χ3v) is 2.85. The standard InChI is InChI=1S/C13H16FNO4/c1-13(2,11(16)17)15(12(18)19-3)8-9-4-6-10(14)7-5-9/h4-7H,8H2,1-3H3,(H,16,17). The highest BCUT2D eigenvalue weighted by molar-refractivity contribution is 5.83. The predicted octanol–water partition coefficient (Wildman–Crippen LogP) is 2.26. The van der Waals surface area contributed by atoms with Gasteiger partial charge in [0.2, 0.25) is 0 Å². The lowest BCUT2D eigenvalue weighted by molar-refractivity contribution is -0.148. The summed E-state index contributed by atoms with van der Waals surface area (Å²) in [5, 5.41) is 9.17. The number of nitrogens with zero attached hydrogens (tertiary/aromatic N) is 1. The summed E-state index contributed by atoms with van der Waals surface area (Å²) < 4.78 is 17.4. The smallest absolute Gasteiger partial charge is 0.410 e. The molecule has 1 N–H and O–H groups in total.